The Hall–Kier alpha value is -1.85. The Bertz CT molecular complexity index is 497. The Morgan fingerprint density at radius 3 is 1.91 bits per heavy atom. The van der Waals surface area contributed by atoms with E-state index in [1.165, 1.54) is 0 Å². The van der Waals surface area contributed by atoms with Gasteiger partial charge in [-0.15, -0.1) is 0 Å². The highest BCUT2D eigenvalue weighted by Crippen LogP contribution is 2.49. The van der Waals surface area contributed by atoms with Crippen molar-refractivity contribution in [2.45, 2.75) is 27.2 Å². The van der Waals surface area contributed by atoms with Gasteiger partial charge < -0.3 is 14.2 Å². The minimum atomic E-state index is -0.688. The number of hydrogen-bond donors (Lipinski definition) is 0. The van der Waals surface area contributed by atoms with Crippen LogP contribution in [0, 0.1) is 29.6 Å². The van der Waals surface area contributed by atoms with E-state index in [2.05, 4.69) is 0 Å². The first kappa shape index (κ1) is 17.5. The van der Waals surface area contributed by atoms with Crippen LogP contribution in [-0.4, -0.2) is 37.7 Å². The first-order chi connectivity index (χ1) is 11.0. The van der Waals surface area contributed by atoms with Gasteiger partial charge in [-0.3, -0.25) is 14.4 Å². The van der Waals surface area contributed by atoms with Gasteiger partial charge in [-0.05, 0) is 33.1 Å². The summed E-state index contributed by atoms with van der Waals surface area (Å²) >= 11 is 0. The van der Waals surface area contributed by atoms with E-state index < -0.39 is 29.7 Å². The zero-order valence-corrected chi connectivity index (χ0v) is 13.8. The average molecular weight is 324 g/mol. The van der Waals surface area contributed by atoms with Gasteiger partial charge in [-0.25, -0.2) is 0 Å². The maximum atomic E-state index is 12.4. The second kappa shape index (κ2) is 7.62. The van der Waals surface area contributed by atoms with Crippen LogP contribution in [-0.2, 0) is 28.6 Å². The lowest BCUT2D eigenvalue weighted by molar-refractivity contribution is -0.173. The minimum absolute atomic E-state index is 0.206. The Balaban J connectivity index is 2.30. The van der Waals surface area contributed by atoms with Crippen LogP contribution in [0.5, 0.6) is 0 Å². The summed E-state index contributed by atoms with van der Waals surface area (Å²) in [5, 5.41) is 0. The second-order valence-electron chi connectivity index (χ2n) is 5.78. The molecule has 6 nitrogen and oxygen atoms in total. The molecular weight excluding hydrogens is 300 g/mol. The molecule has 3 rings (SSSR count). The van der Waals surface area contributed by atoms with E-state index >= 15 is 0 Å². The first-order valence-electron chi connectivity index (χ1n) is 8.23. The van der Waals surface area contributed by atoms with E-state index in [0.717, 1.165) is 0 Å². The summed E-state index contributed by atoms with van der Waals surface area (Å²) in [6, 6.07) is 0. The summed E-state index contributed by atoms with van der Waals surface area (Å²) < 4.78 is 15.4. The third-order valence-corrected chi connectivity index (χ3v) is 4.54. The Kier molecular flexibility index (Phi) is 5.80. The van der Waals surface area contributed by atoms with Gasteiger partial charge in [0.15, 0.2) is 0 Å². The second-order valence-corrected chi connectivity index (χ2v) is 5.78. The third-order valence-electron chi connectivity index (χ3n) is 4.54. The molecule has 0 aromatic carbocycles. The van der Waals surface area contributed by atoms with E-state index in [1.807, 2.05) is 12.2 Å². The van der Waals surface area contributed by atoms with Crippen molar-refractivity contribution in [2.75, 3.05) is 19.8 Å². The predicted octanol–water partition coefficient (Wildman–Crippen LogP) is 1.73. The van der Waals surface area contributed by atoms with E-state index in [1.54, 1.807) is 20.8 Å². The minimum Gasteiger partial charge on any atom is -0.466 e. The molecule has 1 fully saturated rings. The number of hydrogen-bond acceptors (Lipinski definition) is 6. The van der Waals surface area contributed by atoms with Crippen molar-refractivity contribution in [3.63, 3.8) is 0 Å². The molecule has 0 amide bonds. The molecule has 0 N–H and O–H groups in total. The van der Waals surface area contributed by atoms with E-state index in [4.69, 9.17) is 14.2 Å². The summed E-state index contributed by atoms with van der Waals surface area (Å²) in [4.78, 5) is 36.9. The molecule has 5 atom stereocenters. The monoisotopic (exact) mass is 324 g/mol. The van der Waals surface area contributed by atoms with Crippen LogP contribution < -0.4 is 0 Å². The molecule has 0 aromatic rings. The zero-order chi connectivity index (χ0) is 17.0. The fourth-order valence-electron chi connectivity index (χ4n) is 3.68. The molecule has 6 heteroatoms. The highest BCUT2D eigenvalue weighted by Gasteiger charge is 2.55. The van der Waals surface area contributed by atoms with Crippen molar-refractivity contribution in [3.05, 3.63) is 12.2 Å². The number of esters is 3. The van der Waals surface area contributed by atoms with Gasteiger partial charge in [0.05, 0.1) is 37.6 Å². The SMILES string of the molecule is CCOC(=O)C1CC2C=CC1C(C(=O)OCC)C2C(=O)OCC. The highest BCUT2D eigenvalue weighted by atomic mass is 16.5. The smallest absolute Gasteiger partial charge is 0.310 e. The molecule has 1 saturated carbocycles. The van der Waals surface area contributed by atoms with Crippen molar-refractivity contribution < 1.29 is 28.6 Å². The van der Waals surface area contributed by atoms with Crippen molar-refractivity contribution >= 4 is 17.9 Å². The lowest BCUT2D eigenvalue weighted by atomic mass is 9.57. The molecule has 0 saturated heterocycles. The van der Waals surface area contributed by atoms with Gasteiger partial charge >= 0.3 is 17.9 Å². The molecule has 3 aliphatic carbocycles. The van der Waals surface area contributed by atoms with Gasteiger partial charge in [-0.1, -0.05) is 12.2 Å². The molecule has 2 bridgehead atoms. The Morgan fingerprint density at radius 2 is 1.35 bits per heavy atom. The lowest BCUT2D eigenvalue weighted by Gasteiger charge is -2.45. The van der Waals surface area contributed by atoms with Crippen LogP contribution in [0.2, 0.25) is 0 Å². The number of fused-ring (bicyclic) bond motifs is 2. The van der Waals surface area contributed by atoms with E-state index in [9.17, 15) is 14.4 Å². The molecule has 23 heavy (non-hydrogen) atoms. The quantitative estimate of drug-likeness (QED) is 0.420. The third kappa shape index (κ3) is 3.41. The standard InChI is InChI=1S/C17H24O6/c1-4-21-15(18)12-9-10-7-8-11(12)14(17(20)23-6-3)13(10)16(19)22-5-2/h7-8,10-14H,4-6,9H2,1-3H3. The summed E-state index contributed by atoms with van der Waals surface area (Å²) in [6.45, 7) is 5.98. The number of ether oxygens (including phenoxy) is 3. The molecule has 0 radical (unpaired) electrons. The van der Waals surface area contributed by atoms with Crippen molar-refractivity contribution in [1.29, 1.82) is 0 Å². The fourth-order valence-corrected chi connectivity index (χ4v) is 3.68. The van der Waals surface area contributed by atoms with Gasteiger partial charge in [0.2, 0.25) is 0 Å². The van der Waals surface area contributed by atoms with Gasteiger partial charge in [0, 0.05) is 5.92 Å². The van der Waals surface area contributed by atoms with Gasteiger partial charge in [0.25, 0.3) is 0 Å². The largest absolute Gasteiger partial charge is 0.466 e. The molecule has 0 heterocycles. The van der Waals surface area contributed by atoms with Crippen molar-refractivity contribution in [3.8, 4) is 0 Å². The van der Waals surface area contributed by atoms with Gasteiger partial charge in [-0.2, -0.15) is 0 Å². The van der Waals surface area contributed by atoms with Crippen molar-refractivity contribution in [2.24, 2.45) is 29.6 Å². The Morgan fingerprint density at radius 1 is 0.826 bits per heavy atom. The highest BCUT2D eigenvalue weighted by molar-refractivity contribution is 5.86. The van der Waals surface area contributed by atoms with Crippen molar-refractivity contribution in [1.82, 2.24) is 0 Å². The van der Waals surface area contributed by atoms with Crippen LogP contribution in [0.3, 0.4) is 0 Å². The molecule has 3 aliphatic rings. The summed E-state index contributed by atoms with van der Waals surface area (Å²) in [7, 11) is 0. The molecule has 5 unspecified atom stereocenters. The van der Waals surface area contributed by atoms with Crippen LogP contribution >= 0.6 is 0 Å². The summed E-state index contributed by atoms with van der Waals surface area (Å²) in [5.74, 6) is -3.43. The molecule has 0 aliphatic heterocycles. The zero-order valence-electron chi connectivity index (χ0n) is 13.8. The molecule has 128 valence electrons. The fraction of sp³-hybridized carbons (Fsp3) is 0.706. The van der Waals surface area contributed by atoms with Crippen LogP contribution in [0.1, 0.15) is 27.2 Å². The van der Waals surface area contributed by atoms with E-state index in [0.29, 0.717) is 13.0 Å². The van der Waals surface area contributed by atoms with Gasteiger partial charge in [0.1, 0.15) is 0 Å². The number of carbonyl (C=O) groups is 3. The number of allylic oxidation sites excluding steroid dienone is 2. The van der Waals surface area contributed by atoms with Crippen LogP contribution in [0.4, 0.5) is 0 Å². The van der Waals surface area contributed by atoms with E-state index in [-0.39, 0.29) is 31.0 Å². The summed E-state index contributed by atoms with van der Waals surface area (Å²) in [6.07, 6.45) is 4.27. The topological polar surface area (TPSA) is 78.9 Å². The maximum Gasteiger partial charge on any atom is 0.310 e. The summed E-state index contributed by atoms with van der Waals surface area (Å²) in [5.41, 5.74) is 0. The van der Waals surface area contributed by atoms with Crippen LogP contribution in [0.25, 0.3) is 0 Å². The number of carbonyl (C=O) groups excluding carboxylic acids is 3. The maximum absolute atomic E-state index is 12.4. The average Bonchev–Trinajstić information content (AvgIpc) is 2.55. The lowest BCUT2D eigenvalue weighted by Crippen LogP contribution is -2.51. The number of rotatable bonds is 6. The predicted molar refractivity (Wildman–Crippen MR) is 81.1 cm³/mol. The normalized spacial score (nSPS) is 31.5. The van der Waals surface area contributed by atoms with Crippen LogP contribution in [0.15, 0.2) is 12.2 Å². The first-order valence-corrected chi connectivity index (χ1v) is 8.23. The molecular formula is C17H24O6. The Labute approximate surface area is 136 Å². The molecule has 0 spiro atoms. The molecule has 0 aromatic heterocycles.